The number of nitrogens with one attached hydrogen (secondary N) is 2. The predicted octanol–water partition coefficient (Wildman–Crippen LogP) is 2.70. The Morgan fingerprint density at radius 1 is 1.14 bits per heavy atom. The summed E-state index contributed by atoms with van der Waals surface area (Å²) in [6.45, 7) is -0.198. The molecule has 37 heavy (non-hydrogen) atoms. The lowest BCUT2D eigenvalue weighted by Crippen LogP contribution is -2.53. The van der Waals surface area contributed by atoms with E-state index in [2.05, 4.69) is 20.5 Å². The smallest absolute Gasteiger partial charge is 0.390 e. The number of piperidine rings is 1. The molecule has 0 unspecified atom stereocenters. The van der Waals surface area contributed by atoms with Gasteiger partial charge in [-0.2, -0.15) is 18.3 Å². The van der Waals surface area contributed by atoms with Gasteiger partial charge >= 0.3 is 6.18 Å². The highest BCUT2D eigenvalue weighted by molar-refractivity contribution is 5.94. The minimum absolute atomic E-state index is 0.0741. The lowest BCUT2D eigenvalue weighted by molar-refractivity contribution is -0.270. The molecule has 3 fully saturated rings. The first-order valence-corrected chi connectivity index (χ1v) is 12.6. The number of hydrogen-bond acceptors (Lipinski definition) is 6. The summed E-state index contributed by atoms with van der Waals surface area (Å²) in [6, 6.07) is 4.53. The van der Waals surface area contributed by atoms with Crippen LogP contribution in [0.25, 0.3) is 11.3 Å². The van der Waals surface area contributed by atoms with E-state index in [0.717, 1.165) is 18.4 Å². The van der Waals surface area contributed by atoms with Crippen LogP contribution in [0, 0.1) is 5.92 Å². The number of alkyl halides is 3. The van der Waals surface area contributed by atoms with E-state index in [1.165, 1.54) is 0 Å². The van der Waals surface area contributed by atoms with Crippen LogP contribution in [-0.2, 0) is 11.4 Å². The summed E-state index contributed by atoms with van der Waals surface area (Å²) in [6.07, 6.45) is -1.25. The predicted molar refractivity (Wildman–Crippen MR) is 125 cm³/mol. The molecule has 1 aliphatic carbocycles. The van der Waals surface area contributed by atoms with Gasteiger partial charge in [-0.3, -0.25) is 19.7 Å². The van der Waals surface area contributed by atoms with E-state index >= 15 is 0 Å². The van der Waals surface area contributed by atoms with Gasteiger partial charge in [0, 0.05) is 35.8 Å². The summed E-state index contributed by atoms with van der Waals surface area (Å²) in [7, 11) is 0. The quantitative estimate of drug-likeness (QED) is 0.479. The van der Waals surface area contributed by atoms with Crippen LogP contribution in [0.4, 0.5) is 13.2 Å². The number of carbonyl (C=O) groups is 2. The number of aromatic amines is 1. The first-order chi connectivity index (χ1) is 17.6. The summed E-state index contributed by atoms with van der Waals surface area (Å²) >= 11 is 0. The van der Waals surface area contributed by atoms with Gasteiger partial charge in [-0.15, -0.1) is 0 Å². The van der Waals surface area contributed by atoms with Crippen molar-refractivity contribution in [1.82, 2.24) is 25.4 Å². The van der Waals surface area contributed by atoms with Crippen molar-refractivity contribution < 1.29 is 33.0 Å². The molecule has 0 radical (unpaired) electrons. The molecule has 2 amide bonds. The Morgan fingerprint density at radius 2 is 1.81 bits per heavy atom. The summed E-state index contributed by atoms with van der Waals surface area (Å²) in [5.41, 5.74) is -0.518. The van der Waals surface area contributed by atoms with E-state index in [0.29, 0.717) is 24.2 Å². The van der Waals surface area contributed by atoms with Crippen LogP contribution in [0.5, 0.6) is 0 Å². The molecule has 2 saturated heterocycles. The minimum atomic E-state index is -4.67. The normalized spacial score (nSPS) is 29.8. The fraction of sp³-hybridized carbons (Fsp3) is 0.600. The fourth-order valence-corrected chi connectivity index (χ4v) is 6.01. The van der Waals surface area contributed by atoms with Crippen molar-refractivity contribution in [2.24, 2.45) is 5.92 Å². The van der Waals surface area contributed by atoms with Crippen LogP contribution < -0.4 is 5.32 Å². The van der Waals surface area contributed by atoms with Gasteiger partial charge in [-0.05, 0) is 69.6 Å². The van der Waals surface area contributed by atoms with Crippen molar-refractivity contribution in [2.45, 2.75) is 87.9 Å². The maximum atomic E-state index is 13.3. The number of aromatic nitrogens is 3. The number of rotatable bonds is 5. The summed E-state index contributed by atoms with van der Waals surface area (Å²) in [5.74, 6) is -0.705. The van der Waals surface area contributed by atoms with Crippen molar-refractivity contribution in [3.05, 3.63) is 35.8 Å². The average Bonchev–Trinajstić information content (AvgIpc) is 3.47. The number of hydrogen-bond donors (Lipinski definition) is 4. The van der Waals surface area contributed by atoms with Crippen LogP contribution in [0.2, 0.25) is 0 Å². The molecule has 2 bridgehead atoms. The molecule has 2 aromatic rings. The van der Waals surface area contributed by atoms with E-state index < -0.39 is 30.7 Å². The molecule has 0 aromatic carbocycles. The number of amides is 2. The molecular weight excluding hydrogens is 491 g/mol. The molecule has 5 rings (SSSR count). The fourth-order valence-electron chi connectivity index (χ4n) is 6.01. The molecule has 3 aliphatic rings. The zero-order valence-corrected chi connectivity index (χ0v) is 20.2. The zero-order valence-electron chi connectivity index (χ0n) is 20.2. The largest absolute Gasteiger partial charge is 0.417 e. The number of aliphatic hydroxyl groups is 2. The van der Waals surface area contributed by atoms with Crippen molar-refractivity contribution in [3.63, 3.8) is 0 Å². The topological polar surface area (TPSA) is 131 Å². The maximum absolute atomic E-state index is 13.3. The highest BCUT2D eigenvalue weighted by Crippen LogP contribution is 2.42. The Hall–Kier alpha value is -2.99. The molecule has 200 valence electrons. The lowest BCUT2D eigenvalue weighted by Gasteiger charge is -2.40. The number of pyridine rings is 1. The van der Waals surface area contributed by atoms with E-state index in [4.69, 9.17) is 0 Å². The summed E-state index contributed by atoms with van der Waals surface area (Å²) in [5, 5.41) is 29.1. The van der Waals surface area contributed by atoms with Gasteiger partial charge < -0.3 is 20.4 Å². The van der Waals surface area contributed by atoms with Gasteiger partial charge in [0.25, 0.3) is 5.91 Å². The molecule has 4 heterocycles. The Morgan fingerprint density at radius 3 is 2.43 bits per heavy atom. The third-order valence-electron chi connectivity index (χ3n) is 8.11. The maximum Gasteiger partial charge on any atom is 0.417 e. The van der Waals surface area contributed by atoms with Crippen molar-refractivity contribution in [1.29, 1.82) is 0 Å². The van der Waals surface area contributed by atoms with Gasteiger partial charge in [0.2, 0.25) is 5.91 Å². The van der Waals surface area contributed by atoms with Crippen molar-refractivity contribution >= 4 is 11.8 Å². The highest BCUT2D eigenvalue weighted by Gasteiger charge is 2.55. The summed E-state index contributed by atoms with van der Waals surface area (Å²) < 4.78 is 39.2. The van der Waals surface area contributed by atoms with Gasteiger partial charge in [0.1, 0.15) is 0 Å². The second-order valence-electron chi connectivity index (χ2n) is 10.4. The third-order valence-corrected chi connectivity index (χ3v) is 8.11. The summed E-state index contributed by atoms with van der Waals surface area (Å²) in [4.78, 5) is 32.2. The second kappa shape index (κ2) is 9.71. The third kappa shape index (κ3) is 4.96. The van der Waals surface area contributed by atoms with Crippen molar-refractivity contribution in [2.75, 3.05) is 0 Å². The average molecular weight is 522 g/mol. The van der Waals surface area contributed by atoms with E-state index in [-0.39, 0.29) is 55.0 Å². The molecular formula is C25H30F3N5O4. The van der Waals surface area contributed by atoms with Gasteiger partial charge in [-0.25, -0.2) is 0 Å². The first kappa shape index (κ1) is 25.7. The molecule has 4 N–H and O–H groups in total. The lowest BCUT2D eigenvalue weighted by atomic mass is 9.81. The van der Waals surface area contributed by atoms with Crippen LogP contribution in [0.1, 0.15) is 67.5 Å². The first-order valence-electron chi connectivity index (χ1n) is 12.6. The van der Waals surface area contributed by atoms with Gasteiger partial charge in [0.15, 0.2) is 11.3 Å². The standard InChI is InChI=1S/C25H30F3N5O4/c26-25(27,28)24(37)6-3-16(4-7-24)30-22(35)15-10-18-1-2-19(11-15)33(18)23(36)21-12-20(31-32-21)14-5-8-29-17(9-14)13-34/h5,8-9,12,15-16,18-19,34,37H,1-4,6-7,10-11,13H2,(H,30,35)(H,31,32)/t15-,16-,18-,19+,24-. The number of fused-ring (bicyclic) bond motifs is 2. The van der Waals surface area contributed by atoms with E-state index in [9.17, 15) is 33.0 Å². The molecule has 0 spiro atoms. The SMILES string of the molecule is O=C(N[C@H]1CC[C@@](O)(C(F)(F)F)CC1)[C@@H]1C[C@H]2CC[C@@H](C1)N2C(=O)c1cc(-c2ccnc(CO)c2)[nH]n1. The minimum Gasteiger partial charge on any atom is -0.390 e. The van der Waals surface area contributed by atoms with Crippen LogP contribution in [0.15, 0.2) is 24.4 Å². The molecule has 2 aliphatic heterocycles. The number of nitrogens with zero attached hydrogens (tertiary/aromatic N) is 3. The Balaban J connectivity index is 1.19. The number of H-pyrrole nitrogens is 1. The molecule has 1 saturated carbocycles. The Labute approximate surface area is 211 Å². The highest BCUT2D eigenvalue weighted by atomic mass is 19.4. The molecule has 2 aromatic heterocycles. The van der Waals surface area contributed by atoms with Crippen LogP contribution >= 0.6 is 0 Å². The van der Waals surface area contributed by atoms with Crippen LogP contribution in [0.3, 0.4) is 0 Å². The molecule has 12 heteroatoms. The second-order valence-corrected chi connectivity index (χ2v) is 10.4. The number of aliphatic hydroxyl groups excluding tert-OH is 1. The Kier molecular flexibility index (Phi) is 6.73. The van der Waals surface area contributed by atoms with E-state index in [1.54, 1.807) is 24.4 Å². The van der Waals surface area contributed by atoms with Crippen LogP contribution in [-0.4, -0.2) is 72.0 Å². The van der Waals surface area contributed by atoms with Gasteiger partial charge in [0.05, 0.1) is 18.0 Å². The number of carbonyl (C=O) groups excluding carboxylic acids is 2. The van der Waals surface area contributed by atoms with E-state index in [1.807, 2.05) is 4.90 Å². The zero-order chi connectivity index (χ0) is 26.4. The van der Waals surface area contributed by atoms with Gasteiger partial charge in [-0.1, -0.05) is 0 Å². The molecule has 3 atom stereocenters. The number of halogens is 3. The monoisotopic (exact) mass is 521 g/mol. The van der Waals surface area contributed by atoms with Crippen molar-refractivity contribution in [3.8, 4) is 11.3 Å². The Bertz CT molecular complexity index is 1150. The molecule has 9 nitrogen and oxygen atoms in total.